The minimum absolute atomic E-state index is 0.00206. The number of alkyl halides is 3. The lowest BCUT2D eigenvalue weighted by Crippen LogP contribution is -2.48. The fourth-order valence-corrected chi connectivity index (χ4v) is 4.39. The van der Waals surface area contributed by atoms with E-state index in [0.717, 1.165) is 28.7 Å². The molecule has 0 aromatic heterocycles. The van der Waals surface area contributed by atoms with Crippen molar-refractivity contribution >= 4 is 11.5 Å². The molecule has 0 bridgehead atoms. The summed E-state index contributed by atoms with van der Waals surface area (Å²) in [5.74, 6) is -0.329. The van der Waals surface area contributed by atoms with Crippen LogP contribution < -0.4 is 5.32 Å². The van der Waals surface area contributed by atoms with Gasteiger partial charge in [0.2, 0.25) is 0 Å². The third kappa shape index (κ3) is 3.90. The first-order chi connectivity index (χ1) is 13.1. The molecular formula is C21H26F3NO3. The second-order valence-electron chi connectivity index (χ2n) is 7.84. The number of ether oxygens (including phenoxy) is 1. The van der Waals surface area contributed by atoms with Crippen LogP contribution in [0.15, 0.2) is 17.9 Å². The Morgan fingerprint density at radius 2 is 1.79 bits per heavy atom. The van der Waals surface area contributed by atoms with Gasteiger partial charge in [-0.3, -0.25) is 4.79 Å². The first-order valence-corrected chi connectivity index (χ1v) is 9.61. The number of amides is 1. The van der Waals surface area contributed by atoms with Crippen LogP contribution >= 0.6 is 0 Å². The van der Waals surface area contributed by atoms with Gasteiger partial charge < -0.3 is 15.2 Å². The number of carbonyl (C=O) groups is 1. The van der Waals surface area contributed by atoms with Crippen LogP contribution in [0.1, 0.15) is 54.9 Å². The Kier molecular flexibility index (Phi) is 5.49. The molecule has 7 heteroatoms. The van der Waals surface area contributed by atoms with E-state index >= 15 is 0 Å². The lowest BCUT2D eigenvalue weighted by atomic mass is 9.79. The first kappa shape index (κ1) is 20.7. The maximum atomic E-state index is 12.7. The zero-order valence-electron chi connectivity index (χ0n) is 16.4. The van der Waals surface area contributed by atoms with Crippen molar-refractivity contribution in [3.05, 3.63) is 40.1 Å². The smallest absolute Gasteiger partial charge is 0.411 e. The average Bonchev–Trinajstić information content (AvgIpc) is 2.84. The Morgan fingerprint density at radius 1 is 1.21 bits per heavy atom. The summed E-state index contributed by atoms with van der Waals surface area (Å²) >= 11 is 0. The van der Waals surface area contributed by atoms with Crippen molar-refractivity contribution in [1.29, 1.82) is 0 Å². The van der Waals surface area contributed by atoms with Crippen molar-refractivity contribution in [3.63, 3.8) is 0 Å². The van der Waals surface area contributed by atoms with E-state index in [1.54, 1.807) is 0 Å². The molecule has 154 valence electrons. The first-order valence-electron chi connectivity index (χ1n) is 9.61. The maximum absolute atomic E-state index is 12.7. The highest BCUT2D eigenvalue weighted by molar-refractivity contribution is 6.24. The second-order valence-corrected chi connectivity index (χ2v) is 7.84. The molecular weight excluding hydrogens is 371 g/mol. The van der Waals surface area contributed by atoms with E-state index in [4.69, 9.17) is 4.74 Å². The van der Waals surface area contributed by atoms with Gasteiger partial charge in [-0.1, -0.05) is 19.1 Å². The summed E-state index contributed by atoms with van der Waals surface area (Å²) in [7, 11) is 0. The molecule has 2 N–H and O–H groups in total. The lowest BCUT2D eigenvalue weighted by molar-refractivity contribution is -0.188. The van der Waals surface area contributed by atoms with E-state index in [1.807, 2.05) is 26.0 Å². The van der Waals surface area contributed by atoms with E-state index in [1.165, 1.54) is 0 Å². The van der Waals surface area contributed by atoms with Gasteiger partial charge in [-0.05, 0) is 68.2 Å². The topological polar surface area (TPSA) is 58.6 Å². The molecule has 1 aliphatic heterocycles. The van der Waals surface area contributed by atoms with Gasteiger partial charge in [0.05, 0.1) is 17.2 Å². The Hall–Kier alpha value is -2.02. The Balaban J connectivity index is 1.84. The zero-order valence-corrected chi connectivity index (χ0v) is 16.4. The van der Waals surface area contributed by atoms with Gasteiger partial charge in [0, 0.05) is 0 Å². The molecule has 1 aromatic rings. The van der Waals surface area contributed by atoms with Crippen molar-refractivity contribution in [2.75, 3.05) is 6.61 Å². The number of hydrogen-bond acceptors (Lipinski definition) is 3. The van der Waals surface area contributed by atoms with Gasteiger partial charge in [-0.25, -0.2) is 0 Å². The van der Waals surface area contributed by atoms with Gasteiger partial charge >= 0.3 is 6.18 Å². The van der Waals surface area contributed by atoms with E-state index in [0.29, 0.717) is 25.7 Å². The van der Waals surface area contributed by atoms with Crippen LogP contribution in [-0.4, -0.2) is 35.4 Å². The quantitative estimate of drug-likeness (QED) is 0.785. The van der Waals surface area contributed by atoms with Crippen molar-refractivity contribution in [1.82, 2.24) is 5.32 Å². The normalized spacial score (nSPS) is 25.5. The van der Waals surface area contributed by atoms with Gasteiger partial charge in [0.25, 0.3) is 5.91 Å². The van der Waals surface area contributed by atoms with Gasteiger partial charge in [-0.15, -0.1) is 0 Å². The number of halogens is 3. The van der Waals surface area contributed by atoms with E-state index in [2.05, 4.69) is 12.2 Å². The van der Waals surface area contributed by atoms with Gasteiger partial charge in [0.1, 0.15) is 12.4 Å². The molecule has 2 aliphatic rings. The van der Waals surface area contributed by atoms with Crippen LogP contribution in [-0.2, 0) is 16.0 Å². The fraction of sp³-hybridized carbons (Fsp3) is 0.571. The molecule has 1 spiro atoms. The van der Waals surface area contributed by atoms with Crippen LogP contribution in [0.5, 0.6) is 0 Å². The van der Waals surface area contributed by atoms with E-state index in [9.17, 15) is 23.1 Å². The fourth-order valence-electron chi connectivity index (χ4n) is 4.39. The number of aliphatic hydroxyl groups is 1. The van der Waals surface area contributed by atoms with Crippen LogP contribution in [0.3, 0.4) is 0 Å². The maximum Gasteiger partial charge on any atom is 0.411 e. The van der Waals surface area contributed by atoms with E-state index < -0.39 is 24.4 Å². The standard InChI is InChI=1S/C21H26F3NO3/c1-4-14-9-12(2)16(13(3)10-14)17-18(26)20(25-19(17)27)7-5-15(6-8-20)28-11-21(22,23)24/h9-10,15,26H,4-8,11H2,1-3H3,(H,25,27). The Bertz CT molecular complexity index is 783. The highest BCUT2D eigenvalue weighted by Gasteiger charge is 2.48. The zero-order chi connectivity index (χ0) is 20.7. The molecule has 1 amide bonds. The van der Waals surface area contributed by atoms with Gasteiger partial charge in [0.15, 0.2) is 0 Å². The summed E-state index contributed by atoms with van der Waals surface area (Å²) in [5.41, 5.74) is 3.12. The minimum Gasteiger partial charge on any atom is -0.509 e. The molecule has 0 unspecified atom stereocenters. The van der Waals surface area contributed by atoms with Crippen molar-refractivity contribution in [3.8, 4) is 0 Å². The SMILES string of the molecule is CCc1cc(C)c(C2=C(O)C3(CCC(OCC(F)(F)F)CC3)NC2=O)c(C)c1. The van der Waals surface area contributed by atoms with Crippen molar-refractivity contribution in [2.24, 2.45) is 0 Å². The third-order valence-electron chi connectivity index (χ3n) is 5.79. The highest BCUT2D eigenvalue weighted by Crippen LogP contribution is 2.43. The third-order valence-corrected chi connectivity index (χ3v) is 5.79. The molecule has 1 fully saturated rings. The molecule has 1 heterocycles. The minimum atomic E-state index is -4.36. The predicted octanol–water partition coefficient (Wildman–Crippen LogP) is 4.53. The number of hydrogen-bond donors (Lipinski definition) is 2. The van der Waals surface area contributed by atoms with Crippen molar-refractivity contribution in [2.45, 2.75) is 70.7 Å². The summed E-state index contributed by atoms with van der Waals surface area (Å²) < 4.78 is 42.0. The highest BCUT2D eigenvalue weighted by atomic mass is 19.4. The van der Waals surface area contributed by atoms with E-state index in [-0.39, 0.29) is 17.2 Å². The van der Waals surface area contributed by atoms with Gasteiger partial charge in [-0.2, -0.15) is 13.2 Å². The Morgan fingerprint density at radius 3 is 2.29 bits per heavy atom. The average molecular weight is 397 g/mol. The molecule has 28 heavy (non-hydrogen) atoms. The number of aryl methyl sites for hydroxylation is 3. The monoisotopic (exact) mass is 397 g/mol. The summed E-state index contributed by atoms with van der Waals surface area (Å²) in [4.78, 5) is 12.7. The molecule has 0 saturated heterocycles. The largest absolute Gasteiger partial charge is 0.509 e. The summed E-state index contributed by atoms with van der Waals surface area (Å²) in [6, 6.07) is 4.03. The summed E-state index contributed by atoms with van der Waals surface area (Å²) in [6.45, 7) is 4.62. The van der Waals surface area contributed by atoms with Crippen LogP contribution in [0, 0.1) is 13.8 Å². The molecule has 4 nitrogen and oxygen atoms in total. The van der Waals surface area contributed by atoms with Crippen LogP contribution in [0.4, 0.5) is 13.2 Å². The molecule has 1 aromatic carbocycles. The molecule has 1 saturated carbocycles. The molecule has 0 radical (unpaired) electrons. The lowest BCUT2D eigenvalue weighted by Gasteiger charge is -2.37. The second kappa shape index (κ2) is 7.43. The summed E-state index contributed by atoms with van der Waals surface area (Å²) in [6.07, 6.45) is -2.60. The predicted molar refractivity (Wildman–Crippen MR) is 100.0 cm³/mol. The van der Waals surface area contributed by atoms with Crippen LogP contribution in [0.2, 0.25) is 0 Å². The number of carbonyl (C=O) groups excluding carboxylic acids is 1. The number of nitrogens with one attached hydrogen (secondary N) is 1. The number of aliphatic hydroxyl groups excluding tert-OH is 1. The molecule has 1 aliphatic carbocycles. The number of rotatable bonds is 4. The molecule has 3 rings (SSSR count). The summed E-state index contributed by atoms with van der Waals surface area (Å²) in [5, 5.41) is 13.9. The molecule has 0 atom stereocenters. The van der Waals surface area contributed by atoms with Crippen molar-refractivity contribution < 1.29 is 27.8 Å². The number of benzene rings is 1. The Labute approximate surface area is 162 Å². The van der Waals surface area contributed by atoms with Crippen LogP contribution in [0.25, 0.3) is 5.57 Å².